The Morgan fingerprint density at radius 3 is 1.56 bits per heavy atom. The molecule has 0 saturated carbocycles. The molecular weight excluding hydrogens is 272 g/mol. The summed E-state index contributed by atoms with van der Waals surface area (Å²) in [5.74, 6) is 0. The van der Waals surface area contributed by atoms with E-state index < -0.39 is 32.4 Å². The molecule has 0 spiro atoms. The van der Waals surface area contributed by atoms with Gasteiger partial charge in [-0.25, -0.2) is 0 Å². The predicted octanol–water partition coefficient (Wildman–Crippen LogP) is 3.42. The monoisotopic (exact) mass is 276 g/mol. The van der Waals surface area contributed by atoms with Crippen LogP contribution in [0.5, 0.6) is 0 Å². The molecule has 10 heteroatoms. The fourth-order valence-corrected chi connectivity index (χ4v) is 1.57. The molecule has 0 aliphatic heterocycles. The average molecular weight is 276 g/mol. The van der Waals surface area contributed by atoms with Crippen molar-refractivity contribution >= 4 is 32.4 Å². The van der Waals surface area contributed by atoms with E-state index in [9.17, 15) is 24.0 Å². The maximum absolute atomic E-state index is 12.0. The third-order valence-corrected chi connectivity index (χ3v) is 2.10. The van der Waals surface area contributed by atoms with Crippen molar-refractivity contribution in [1.29, 1.82) is 0 Å². The molecular formula is C6H4F4N2O2S2. The largest absolute Gasteiger partial charge is 0.371 e. The van der Waals surface area contributed by atoms with Crippen LogP contribution in [-0.2, 0) is 21.0 Å². The Morgan fingerprint density at radius 1 is 0.875 bits per heavy atom. The summed E-state index contributed by atoms with van der Waals surface area (Å²) in [5.41, 5.74) is -0.972. The van der Waals surface area contributed by atoms with Crippen LogP contribution in [0.2, 0.25) is 0 Å². The molecule has 1 aromatic rings. The van der Waals surface area contributed by atoms with Gasteiger partial charge >= 0.3 is 21.0 Å². The van der Waals surface area contributed by atoms with Crippen LogP contribution in [0.3, 0.4) is 0 Å². The summed E-state index contributed by atoms with van der Waals surface area (Å²) in [6, 6.07) is 3.86. The summed E-state index contributed by atoms with van der Waals surface area (Å²) in [7, 11) is -10.7. The van der Waals surface area contributed by atoms with Gasteiger partial charge in [-0.05, 0) is 18.2 Å². The minimum atomic E-state index is -5.36. The number of hydrogen-bond acceptors (Lipinski definition) is 4. The maximum atomic E-state index is 12.0. The molecule has 0 atom stereocenters. The lowest BCUT2D eigenvalue weighted by Crippen LogP contribution is -1.77. The first-order chi connectivity index (χ1) is 7.16. The topological polar surface area (TPSA) is 58.9 Å². The van der Waals surface area contributed by atoms with Gasteiger partial charge in [0.05, 0.1) is 11.4 Å². The van der Waals surface area contributed by atoms with Crippen molar-refractivity contribution in [2.75, 3.05) is 0 Å². The first-order valence-corrected chi connectivity index (χ1v) is 6.22. The van der Waals surface area contributed by atoms with Gasteiger partial charge in [-0.15, -0.1) is 8.73 Å². The van der Waals surface area contributed by atoms with Crippen molar-refractivity contribution in [3.8, 4) is 0 Å². The molecule has 1 aromatic carbocycles. The highest BCUT2D eigenvalue weighted by molar-refractivity contribution is 7.83. The zero-order valence-corrected chi connectivity index (χ0v) is 8.98. The Kier molecular flexibility index (Phi) is 3.53. The van der Waals surface area contributed by atoms with Crippen molar-refractivity contribution in [3.05, 3.63) is 24.3 Å². The Bertz CT molecular complexity index is 562. The van der Waals surface area contributed by atoms with Crippen LogP contribution in [0, 0.1) is 0 Å². The molecule has 0 aliphatic rings. The normalized spacial score (nSPS) is 12.2. The standard InChI is InChI=1S/C6H4F4N2O2S2/c7-15(8,13)11-5-2-1-3-6(4-5)12-16(9,10)14/h1-4H. The fraction of sp³-hybridized carbons (Fsp3) is 0. The van der Waals surface area contributed by atoms with E-state index in [1.54, 1.807) is 0 Å². The zero-order chi connectivity index (χ0) is 12.4. The van der Waals surface area contributed by atoms with Crippen LogP contribution in [-0.4, -0.2) is 8.42 Å². The summed E-state index contributed by atoms with van der Waals surface area (Å²) in [6.07, 6.45) is 0. The summed E-state index contributed by atoms with van der Waals surface area (Å²) in [5, 5.41) is 0. The lowest BCUT2D eigenvalue weighted by atomic mass is 10.3. The van der Waals surface area contributed by atoms with E-state index in [-0.39, 0.29) is 0 Å². The second-order valence-electron chi connectivity index (χ2n) is 2.50. The molecule has 4 nitrogen and oxygen atoms in total. The SMILES string of the molecule is O=S(F)(F)=Nc1cccc(N=S(=O)(F)F)c1. The smallest absolute Gasteiger partial charge is 0.180 e. The van der Waals surface area contributed by atoms with Crippen molar-refractivity contribution in [2.45, 2.75) is 0 Å². The zero-order valence-electron chi connectivity index (χ0n) is 7.35. The van der Waals surface area contributed by atoms with Crippen molar-refractivity contribution < 1.29 is 24.0 Å². The van der Waals surface area contributed by atoms with Gasteiger partial charge in [-0.1, -0.05) is 21.6 Å². The van der Waals surface area contributed by atoms with Gasteiger partial charge in [0.15, 0.2) is 0 Å². The Hall–Kier alpha value is -1.16. The van der Waals surface area contributed by atoms with E-state index in [4.69, 9.17) is 0 Å². The highest BCUT2D eigenvalue weighted by atomic mass is 32.3. The van der Waals surface area contributed by atoms with E-state index in [0.29, 0.717) is 0 Å². The van der Waals surface area contributed by atoms with Crippen molar-refractivity contribution in [1.82, 2.24) is 0 Å². The lowest BCUT2D eigenvalue weighted by molar-refractivity contribution is 0.586. The average Bonchev–Trinajstić information content (AvgIpc) is 1.96. The van der Waals surface area contributed by atoms with Gasteiger partial charge in [-0.2, -0.15) is 8.42 Å². The summed E-state index contributed by atoms with van der Waals surface area (Å²) >= 11 is 0. The van der Waals surface area contributed by atoms with E-state index in [1.807, 2.05) is 0 Å². The number of hydrogen-bond donors (Lipinski definition) is 0. The van der Waals surface area contributed by atoms with E-state index in [0.717, 1.165) is 24.3 Å². The molecule has 0 aliphatic carbocycles. The molecule has 0 fully saturated rings. The van der Waals surface area contributed by atoms with Crippen LogP contribution < -0.4 is 0 Å². The Labute approximate surface area is 89.8 Å². The highest BCUT2D eigenvalue weighted by Gasteiger charge is 2.05. The number of rotatable bonds is 2. The second kappa shape index (κ2) is 4.37. The first kappa shape index (κ1) is 12.9. The quantitative estimate of drug-likeness (QED) is 0.613. The lowest BCUT2D eigenvalue weighted by Gasteiger charge is -1.94. The molecule has 0 aromatic heterocycles. The molecule has 0 unspecified atom stereocenters. The molecule has 90 valence electrons. The van der Waals surface area contributed by atoms with Crippen molar-refractivity contribution in [3.63, 3.8) is 0 Å². The molecule has 0 saturated heterocycles. The maximum Gasteiger partial charge on any atom is 0.371 e. The third-order valence-electron chi connectivity index (χ3n) is 1.25. The van der Waals surface area contributed by atoms with Gasteiger partial charge in [-0.3, -0.25) is 0 Å². The highest BCUT2D eigenvalue weighted by Crippen LogP contribution is 2.24. The van der Waals surface area contributed by atoms with Gasteiger partial charge in [0.1, 0.15) is 0 Å². The number of benzene rings is 1. The second-order valence-corrected chi connectivity index (χ2v) is 4.45. The third kappa shape index (κ3) is 5.07. The van der Waals surface area contributed by atoms with Gasteiger partial charge in [0.2, 0.25) is 0 Å². The van der Waals surface area contributed by atoms with Crippen molar-refractivity contribution in [2.24, 2.45) is 8.73 Å². The van der Waals surface area contributed by atoms with E-state index in [1.165, 1.54) is 0 Å². The fourth-order valence-electron chi connectivity index (χ4n) is 0.852. The van der Waals surface area contributed by atoms with Crippen LogP contribution in [0.15, 0.2) is 33.0 Å². The van der Waals surface area contributed by atoms with Crippen LogP contribution in [0.1, 0.15) is 0 Å². The number of halogens is 4. The van der Waals surface area contributed by atoms with E-state index in [2.05, 4.69) is 8.73 Å². The van der Waals surface area contributed by atoms with Crippen LogP contribution in [0.25, 0.3) is 0 Å². The molecule has 0 radical (unpaired) electrons. The minimum Gasteiger partial charge on any atom is -0.180 e. The number of nitrogens with zero attached hydrogens (tertiary/aromatic N) is 2. The van der Waals surface area contributed by atoms with Gasteiger partial charge < -0.3 is 0 Å². The molecule has 0 amide bonds. The minimum absolute atomic E-state index is 0.486. The Morgan fingerprint density at radius 2 is 1.25 bits per heavy atom. The molecule has 1 rings (SSSR count). The van der Waals surface area contributed by atoms with Crippen LogP contribution in [0.4, 0.5) is 26.9 Å². The van der Waals surface area contributed by atoms with Gasteiger partial charge in [0.25, 0.3) is 0 Å². The first-order valence-electron chi connectivity index (χ1n) is 3.58. The molecule has 0 heterocycles. The summed E-state index contributed by atoms with van der Waals surface area (Å²) in [4.78, 5) is 0. The molecule has 0 bridgehead atoms. The summed E-state index contributed by atoms with van der Waals surface area (Å²) < 4.78 is 73.0. The molecule has 16 heavy (non-hydrogen) atoms. The molecule has 0 N–H and O–H groups in total. The Balaban J connectivity index is 3.27. The summed E-state index contributed by atoms with van der Waals surface area (Å²) in [6.45, 7) is 0. The predicted molar refractivity (Wildman–Crippen MR) is 51.3 cm³/mol. The van der Waals surface area contributed by atoms with Gasteiger partial charge in [0, 0.05) is 0 Å². The van der Waals surface area contributed by atoms with E-state index >= 15 is 0 Å². The van der Waals surface area contributed by atoms with Crippen LogP contribution >= 0.6 is 0 Å².